The predicted octanol–water partition coefficient (Wildman–Crippen LogP) is 1.86. The third-order valence-corrected chi connectivity index (χ3v) is 5.06. The molecule has 0 bridgehead atoms. The summed E-state index contributed by atoms with van der Waals surface area (Å²) in [7, 11) is 3.79. The van der Waals surface area contributed by atoms with Crippen LogP contribution in [0, 0.1) is 13.8 Å². The first kappa shape index (κ1) is 16.3. The Labute approximate surface area is 138 Å². The Morgan fingerprint density at radius 3 is 2.61 bits per heavy atom. The van der Waals surface area contributed by atoms with Gasteiger partial charge < -0.3 is 14.4 Å². The highest BCUT2D eigenvalue weighted by atomic mass is 16.5. The van der Waals surface area contributed by atoms with E-state index >= 15 is 0 Å². The van der Waals surface area contributed by atoms with Crippen molar-refractivity contribution in [3.63, 3.8) is 0 Å². The van der Waals surface area contributed by atoms with Crippen LogP contribution in [0.4, 0.5) is 0 Å². The minimum absolute atomic E-state index is 0.108. The number of nitrogens with zero attached hydrogens (tertiary/aromatic N) is 2. The van der Waals surface area contributed by atoms with Crippen LogP contribution in [0.5, 0.6) is 5.75 Å². The number of methoxy groups -OCH3 is 1. The number of morpholine rings is 1. The lowest BCUT2D eigenvalue weighted by Gasteiger charge is -2.45. The molecule has 0 aliphatic carbocycles. The molecule has 0 radical (unpaired) electrons. The highest BCUT2D eigenvalue weighted by Crippen LogP contribution is 2.27. The maximum Gasteiger partial charge on any atom is 0.253 e. The molecule has 3 rings (SSSR count). The van der Waals surface area contributed by atoms with Gasteiger partial charge in [0.2, 0.25) is 0 Å². The van der Waals surface area contributed by atoms with E-state index in [-0.39, 0.29) is 12.0 Å². The Morgan fingerprint density at radius 2 is 1.96 bits per heavy atom. The fraction of sp³-hybridized carbons (Fsp3) is 0.611. The number of likely N-dealkylation sites (N-methyl/N-ethyl adjacent to an activating group) is 1. The fourth-order valence-electron chi connectivity index (χ4n) is 3.80. The summed E-state index contributed by atoms with van der Waals surface area (Å²) in [6.45, 7) is 7.20. The zero-order valence-corrected chi connectivity index (χ0v) is 14.5. The number of carbonyl (C=O) groups excluding carboxylic acids is 1. The number of ether oxygens (including phenoxy) is 2. The summed E-state index contributed by atoms with van der Waals surface area (Å²) >= 11 is 0. The second-order valence-electron chi connectivity index (χ2n) is 6.64. The lowest BCUT2D eigenvalue weighted by atomic mass is 9.97. The summed E-state index contributed by atoms with van der Waals surface area (Å²) in [5, 5.41) is 0. The minimum atomic E-state index is 0.108. The van der Waals surface area contributed by atoms with Crippen molar-refractivity contribution in [3.8, 4) is 5.75 Å². The summed E-state index contributed by atoms with van der Waals surface area (Å²) in [6.07, 6.45) is 1.17. The molecule has 5 nitrogen and oxygen atoms in total. The van der Waals surface area contributed by atoms with E-state index in [0.29, 0.717) is 6.04 Å². The molecule has 2 aliphatic rings. The molecule has 1 amide bonds. The largest absolute Gasteiger partial charge is 0.496 e. The van der Waals surface area contributed by atoms with Gasteiger partial charge in [-0.1, -0.05) is 0 Å². The van der Waals surface area contributed by atoms with Gasteiger partial charge in [0.1, 0.15) is 5.75 Å². The van der Waals surface area contributed by atoms with E-state index < -0.39 is 0 Å². The molecule has 2 fully saturated rings. The number of hydrogen-bond donors (Lipinski definition) is 0. The molecule has 1 aromatic rings. The average Bonchev–Trinajstić information content (AvgIpc) is 2.54. The highest BCUT2D eigenvalue weighted by molar-refractivity contribution is 5.95. The number of likely N-dealkylation sites (tertiary alicyclic amines) is 1. The molecule has 0 unspecified atom stereocenters. The van der Waals surface area contributed by atoms with Gasteiger partial charge in [0.25, 0.3) is 5.91 Å². The van der Waals surface area contributed by atoms with Crippen LogP contribution >= 0.6 is 0 Å². The van der Waals surface area contributed by atoms with Gasteiger partial charge in [0.05, 0.1) is 25.9 Å². The number of carbonyl (C=O) groups is 1. The fourth-order valence-corrected chi connectivity index (χ4v) is 3.80. The molecular weight excluding hydrogens is 292 g/mol. The lowest BCUT2D eigenvalue weighted by molar-refractivity contribution is -0.0893. The normalized spacial score (nSPS) is 25.1. The van der Waals surface area contributed by atoms with Crippen LogP contribution in [-0.4, -0.2) is 68.3 Å². The zero-order valence-electron chi connectivity index (χ0n) is 14.5. The molecule has 2 heterocycles. The van der Waals surface area contributed by atoms with Gasteiger partial charge in [-0.2, -0.15) is 0 Å². The van der Waals surface area contributed by atoms with Crippen molar-refractivity contribution in [2.24, 2.45) is 0 Å². The van der Waals surface area contributed by atoms with Crippen molar-refractivity contribution >= 4 is 5.91 Å². The standard InChI is InChI=1S/C18H26N2O3/c1-12-9-14(10-13(2)17(12)22-4)18(21)20-6-5-16-15(11-20)19(3)7-8-23-16/h9-10,15-16H,5-8,11H2,1-4H3/t15-,16-/m1/s1. The molecule has 0 spiro atoms. The Balaban J connectivity index is 1.78. The van der Waals surface area contributed by atoms with Crippen molar-refractivity contribution in [3.05, 3.63) is 28.8 Å². The monoisotopic (exact) mass is 318 g/mol. The molecule has 0 aromatic heterocycles. The molecule has 5 heteroatoms. The van der Waals surface area contributed by atoms with Gasteiger partial charge in [-0.3, -0.25) is 9.69 Å². The van der Waals surface area contributed by atoms with E-state index in [1.807, 2.05) is 30.9 Å². The van der Waals surface area contributed by atoms with Gasteiger partial charge >= 0.3 is 0 Å². The van der Waals surface area contributed by atoms with E-state index in [1.54, 1.807) is 7.11 Å². The highest BCUT2D eigenvalue weighted by Gasteiger charge is 2.37. The molecule has 0 saturated carbocycles. The van der Waals surface area contributed by atoms with Crippen LogP contribution in [-0.2, 0) is 4.74 Å². The van der Waals surface area contributed by atoms with Gasteiger partial charge in [-0.25, -0.2) is 0 Å². The van der Waals surface area contributed by atoms with Crippen LogP contribution < -0.4 is 4.74 Å². The number of fused-ring (bicyclic) bond motifs is 1. The molecule has 126 valence electrons. The van der Waals surface area contributed by atoms with Crippen molar-refractivity contribution in [2.45, 2.75) is 32.4 Å². The van der Waals surface area contributed by atoms with Crippen molar-refractivity contribution in [2.75, 3.05) is 40.4 Å². The van der Waals surface area contributed by atoms with Gasteiger partial charge in [-0.15, -0.1) is 0 Å². The summed E-state index contributed by atoms with van der Waals surface area (Å²) in [4.78, 5) is 17.2. The van der Waals surface area contributed by atoms with Crippen LogP contribution in [0.25, 0.3) is 0 Å². The number of benzene rings is 1. The second-order valence-corrected chi connectivity index (χ2v) is 6.64. The quantitative estimate of drug-likeness (QED) is 0.835. The minimum Gasteiger partial charge on any atom is -0.496 e. The molecule has 23 heavy (non-hydrogen) atoms. The van der Waals surface area contributed by atoms with E-state index in [1.165, 1.54) is 0 Å². The number of hydrogen-bond acceptors (Lipinski definition) is 4. The average molecular weight is 318 g/mol. The molecular formula is C18H26N2O3. The van der Waals surface area contributed by atoms with Crippen molar-refractivity contribution < 1.29 is 14.3 Å². The van der Waals surface area contributed by atoms with Crippen LogP contribution in [0.2, 0.25) is 0 Å². The first-order chi connectivity index (χ1) is 11.0. The third kappa shape index (κ3) is 3.08. The lowest BCUT2D eigenvalue weighted by Crippen LogP contribution is -2.59. The van der Waals surface area contributed by atoms with Crippen LogP contribution in [0.1, 0.15) is 27.9 Å². The SMILES string of the molecule is COc1c(C)cc(C(=O)N2CC[C@H]3OCCN(C)[C@@H]3C2)cc1C. The van der Waals surface area contributed by atoms with E-state index in [2.05, 4.69) is 11.9 Å². The molecule has 1 aromatic carbocycles. The summed E-state index contributed by atoms with van der Waals surface area (Å²) in [5.74, 6) is 0.969. The van der Waals surface area contributed by atoms with Gasteiger partial charge in [-0.05, 0) is 50.6 Å². The van der Waals surface area contributed by atoms with Crippen LogP contribution in [0.3, 0.4) is 0 Å². The zero-order chi connectivity index (χ0) is 16.6. The van der Waals surface area contributed by atoms with Gasteiger partial charge in [0.15, 0.2) is 0 Å². The maximum atomic E-state index is 12.9. The Morgan fingerprint density at radius 1 is 1.26 bits per heavy atom. The molecule has 0 N–H and O–H groups in total. The Hall–Kier alpha value is -1.59. The van der Waals surface area contributed by atoms with Crippen molar-refractivity contribution in [1.29, 1.82) is 0 Å². The first-order valence-corrected chi connectivity index (χ1v) is 8.27. The number of piperidine rings is 1. The summed E-state index contributed by atoms with van der Waals surface area (Å²) in [6, 6.07) is 4.17. The predicted molar refractivity (Wildman–Crippen MR) is 89.1 cm³/mol. The molecule has 2 saturated heterocycles. The van der Waals surface area contributed by atoms with Crippen molar-refractivity contribution in [1.82, 2.24) is 9.80 Å². The van der Waals surface area contributed by atoms with E-state index in [9.17, 15) is 4.79 Å². The third-order valence-electron chi connectivity index (χ3n) is 5.06. The topological polar surface area (TPSA) is 42.0 Å². The number of aryl methyl sites for hydroxylation is 2. The van der Waals surface area contributed by atoms with E-state index in [0.717, 1.165) is 55.1 Å². The summed E-state index contributed by atoms with van der Waals surface area (Å²) in [5.41, 5.74) is 2.76. The van der Waals surface area contributed by atoms with Gasteiger partial charge in [0, 0.05) is 25.2 Å². The molecule has 2 aliphatic heterocycles. The Kier molecular flexibility index (Phi) is 4.60. The van der Waals surface area contributed by atoms with Crippen LogP contribution in [0.15, 0.2) is 12.1 Å². The maximum absolute atomic E-state index is 12.9. The number of rotatable bonds is 2. The summed E-state index contributed by atoms with van der Waals surface area (Å²) < 4.78 is 11.3. The smallest absolute Gasteiger partial charge is 0.253 e. The number of amides is 1. The second kappa shape index (κ2) is 6.49. The molecule has 2 atom stereocenters. The van der Waals surface area contributed by atoms with E-state index in [4.69, 9.17) is 9.47 Å². The first-order valence-electron chi connectivity index (χ1n) is 8.27. The Bertz CT molecular complexity index is 579.